The average Bonchev–Trinajstić information content (AvgIpc) is 2.98. The van der Waals surface area contributed by atoms with Crippen molar-refractivity contribution in [3.8, 4) is 11.5 Å². The topological polar surface area (TPSA) is 55.8 Å². The summed E-state index contributed by atoms with van der Waals surface area (Å²) in [7, 11) is 0. The molecule has 0 spiro atoms. The maximum absolute atomic E-state index is 12.5. The summed E-state index contributed by atoms with van der Waals surface area (Å²) < 4.78 is 12.6. The fourth-order valence-electron chi connectivity index (χ4n) is 2.80. The molecule has 1 aliphatic heterocycles. The van der Waals surface area contributed by atoms with E-state index >= 15 is 0 Å². The number of hydrogen-bond donors (Lipinski definition) is 0. The third-order valence-electron chi connectivity index (χ3n) is 4.18. The van der Waals surface area contributed by atoms with E-state index in [1.165, 1.54) is 6.08 Å². The summed E-state index contributed by atoms with van der Waals surface area (Å²) in [6.45, 7) is 6.37. The lowest BCUT2D eigenvalue weighted by atomic mass is 10.1. The summed E-state index contributed by atoms with van der Waals surface area (Å²) in [5.41, 5.74) is 1.60. The SMILES string of the molecule is C=CCN1C(=O)S/C(=C/c2cc(I)c(OCc3ccc(Cl)c(Cl)c3)c(OCC)c2)C1=O. The van der Waals surface area contributed by atoms with Crippen LogP contribution in [0.25, 0.3) is 6.08 Å². The number of carbonyl (C=O) groups is 2. The van der Waals surface area contributed by atoms with Gasteiger partial charge in [0.05, 0.1) is 25.1 Å². The van der Waals surface area contributed by atoms with E-state index in [-0.39, 0.29) is 24.3 Å². The van der Waals surface area contributed by atoms with E-state index in [9.17, 15) is 9.59 Å². The standard InChI is InChI=1S/C22H18Cl2INO4S/c1-3-7-26-21(27)19(31-22(26)28)11-14-9-17(25)20(18(10-14)29-4-2)30-12-13-5-6-15(23)16(24)8-13/h3,5-6,8-11H,1,4,7,12H2,2H3/b19-11+. The predicted molar refractivity (Wildman–Crippen MR) is 134 cm³/mol. The molecule has 1 heterocycles. The van der Waals surface area contributed by atoms with Gasteiger partial charge in [0.15, 0.2) is 11.5 Å². The fourth-order valence-corrected chi connectivity index (χ4v) is 4.75. The Morgan fingerprint density at radius 2 is 1.94 bits per heavy atom. The highest BCUT2D eigenvalue weighted by Gasteiger charge is 2.34. The first-order valence-electron chi connectivity index (χ1n) is 9.23. The third-order valence-corrected chi connectivity index (χ3v) is 6.63. The fraction of sp³-hybridized carbons (Fsp3) is 0.182. The van der Waals surface area contributed by atoms with Crippen LogP contribution in [-0.2, 0) is 11.4 Å². The van der Waals surface area contributed by atoms with Gasteiger partial charge in [-0.05, 0) is 82.7 Å². The van der Waals surface area contributed by atoms with Gasteiger partial charge in [0, 0.05) is 6.54 Å². The molecule has 31 heavy (non-hydrogen) atoms. The van der Waals surface area contributed by atoms with Crippen LogP contribution in [0.15, 0.2) is 47.9 Å². The first-order valence-corrected chi connectivity index (χ1v) is 11.9. The first kappa shape index (κ1) is 24.0. The number of carbonyl (C=O) groups excluding carboxylic acids is 2. The Bertz CT molecular complexity index is 1070. The molecule has 0 saturated carbocycles. The lowest BCUT2D eigenvalue weighted by Gasteiger charge is -2.15. The van der Waals surface area contributed by atoms with Crippen LogP contribution in [-0.4, -0.2) is 29.2 Å². The number of hydrogen-bond acceptors (Lipinski definition) is 5. The molecule has 2 amide bonds. The highest BCUT2D eigenvalue weighted by atomic mass is 127. The van der Waals surface area contributed by atoms with E-state index in [0.29, 0.717) is 33.1 Å². The number of rotatable bonds is 8. The summed E-state index contributed by atoms with van der Waals surface area (Å²) in [6, 6.07) is 8.98. The zero-order chi connectivity index (χ0) is 22.5. The molecule has 1 saturated heterocycles. The second kappa shape index (κ2) is 10.8. The lowest BCUT2D eigenvalue weighted by molar-refractivity contribution is -0.122. The van der Waals surface area contributed by atoms with Crippen LogP contribution in [0, 0.1) is 3.57 Å². The van der Waals surface area contributed by atoms with Crippen LogP contribution >= 0.6 is 57.6 Å². The van der Waals surface area contributed by atoms with E-state index in [2.05, 4.69) is 29.2 Å². The Balaban J connectivity index is 1.86. The molecular weight excluding hydrogens is 572 g/mol. The molecule has 0 N–H and O–H groups in total. The van der Waals surface area contributed by atoms with E-state index in [4.69, 9.17) is 32.7 Å². The van der Waals surface area contributed by atoms with Crippen molar-refractivity contribution in [1.82, 2.24) is 4.90 Å². The normalized spacial score (nSPS) is 15.0. The molecule has 5 nitrogen and oxygen atoms in total. The number of nitrogens with zero attached hydrogens (tertiary/aromatic N) is 1. The highest BCUT2D eigenvalue weighted by molar-refractivity contribution is 14.1. The van der Waals surface area contributed by atoms with Crippen LogP contribution in [0.1, 0.15) is 18.1 Å². The number of ether oxygens (including phenoxy) is 2. The van der Waals surface area contributed by atoms with Crippen LogP contribution in [0.4, 0.5) is 4.79 Å². The van der Waals surface area contributed by atoms with Crippen molar-refractivity contribution in [2.75, 3.05) is 13.2 Å². The Morgan fingerprint density at radius 1 is 1.16 bits per heavy atom. The maximum atomic E-state index is 12.5. The van der Waals surface area contributed by atoms with Gasteiger partial charge >= 0.3 is 0 Å². The minimum atomic E-state index is -0.331. The quantitative estimate of drug-likeness (QED) is 0.193. The summed E-state index contributed by atoms with van der Waals surface area (Å²) >= 11 is 15.1. The summed E-state index contributed by atoms with van der Waals surface area (Å²) in [4.78, 5) is 26.0. The Labute approximate surface area is 208 Å². The van der Waals surface area contributed by atoms with Crippen molar-refractivity contribution in [2.45, 2.75) is 13.5 Å². The maximum Gasteiger partial charge on any atom is 0.293 e. The Kier molecular flexibility index (Phi) is 8.32. The molecule has 3 rings (SSSR count). The third kappa shape index (κ3) is 5.77. The Morgan fingerprint density at radius 3 is 2.61 bits per heavy atom. The molecule has 2 aromatic rings. The molecule has 1 aliphatic rings. The number of imide groups is 1. The van der Waals surface area contributed by atoms with Gasteiger partial charge in [-0.2, -0.15) is 0 Å². The van der Waals surface area contributed by atoms with Gasteiger partial charge in [-0.3, -0.25) is 14.5 Å². The molecule has 0 aliphatic carbocycles. The van der Waals surface area contributed by atoms with Gasteiger partial charge in [-0.25, -0.2) is 0 Å². The van der Waals surface area contributed by atoms with E-state index in [0.717, 1.165) is 31.4 Å². The van der Waals surface area contributed by atoms with Crippen LogP contribution in [0.2, 0.25) is 10.0 Å². The van der Waals surface area contributed by atoms with Crippen LogP contribution in [0.3, 0.4) is 0 Å². The van der Waals surface area contributed by atoms with Gasteiger partial charge in [-0.1, -0.05) is 35.3 Å². The first-order chi connectivity index (χ1) is 14.8. The smallest absolute Gasteiger partial charge is 0.293 e. The second-order valence-corrected chi connectivity index (χ2v) is 9.35. The highest BCUT2D eigenvalue weighted by Crippen LogP contribution is 2.38. The summed E-state index contributed by atoms with van der Waals surface area (Å²) in [5, 5.41) is 0.637. The van der Waals surface area contributed by atoms with E-state index < -0.39 is 0 Å². The molecular formula is C22H18Cl2INO4S. The molecule has 0 bridgehead atoms. The second-order valence-electron chi connectivity index (χ2n) is 6.38. The van der Waals surface area contributed by atoms with Gasteiger partial charge in [0.25, 0.3) is 11.1 Å². The molecule has 0 atom stereocenters. The van der Waals surface area contributed by atoms with Crippen molar-refractivity contribution in [2.24, 2.45) is 0 Å². The zero-order valence-electron chi connectivity index (χ0n) is 16.5. The van der Waals surface area contributed by atoms with Gasteiger partial charge in [-0.15, -0.1) is 6.58 Å². The predicted octanol–water partition coefficient (Wildman–Crippen LogP) is 6.80. The largest absolute Gasteiger partial charge is 0.490 e. The molecule has 0 aromatic heterocycles. The van der Waals surface area contributed by atoms with Crippen molar-refractivity contribution in [3.63, 3.8) is 0 Å². The molecule has 0 radical (unpaired) electrons. The molecule has 1 fully saturated rings. The minimum absolute atomic E-state index is 0.186. The molecule has 162 valence electrons. The Hall–Kier alpha value is -1.68. The van der Waals surface area contributed by atoms with Crippen molar-refractivity contribution >= 4 is 74.8 Å². The van der Waals surface area contributed by atoms with Crippen LogP contribution in [0.5, 0.6) is 11.5 Å². The number of thioether (sulfide) groups is 1. The summed E-state index contributed by atoms with van der Waals surface area (Å²) in [5.74, 6) is 0.805. The van der Waals surface area contributed by atoms with E-state index in [1.54, 1.807) is 24.3 Å². The number of amides is 2. The van der Waals surface area contributed by atoms with Gasteiger partial charge < -0.3 is 9.47 Å². The average molecular weight is 590 g/mol. The van der Waals surface area contributed by atoms with Crippen LogP contribution < -0.4 is 9.47 Å². The molecule has 2 aromatic carbocycles. The number of halogens is 3. The molecule has 0 unspecified atom stereocenters. The van der Waals surface area contributed by atoms with Crippen molar-refractivity contribution < 1.29 is 19.1 Å². The van der Waals surface area contributed by atoms with Gasteiger partial charge in [0.2, 0.25) is 0 Å². The zero-order valence-corrected chi connectivity index (χ0v) is 21.0. The monoisotopic (exact) mass is 589 g/mol. The van der Waals surface area contributed by atoms with Crippen molar-refractivity contribution in [3.05, 3.63) is 72.6 Å². The summed E-state index contributed by atoms with van der Waals surface area (Å²) in [6.07, 6.45) is 3.21. The minimum Gasteiger partial charge on any atom is -0.490 e. The van der Waals surface area contributed by atoms with Crippen molar-refractivity contribution in [1.29, 1.82) is 0 Å². The van der Waals surface area contributed by atoms with E-state index in [1.807, 2.05) is 19.1 Å². The van der Waals surface area contributed by atoms with Gasteiger partial charge in [0.1, 0.15) is 6.61 Å². The molecule has 9 heteroatoms. The number of benzene rings is 2. The lowest BCUT2D eigenvalue weighted by Crippen LogP contribution is -2.27.